The lowest BCUT2D eigenvalue weighted by molar-refractivity contribution is 0.000888. The zero-order chi connectivity index (χ0) is 22.9. The summed E-state index contributed by atoms with van der Waals surface area (Å²) in [6.07, 6.45) is 0.946. The van der Waals surface area contributed by atoms with E-state index in [9.17, 15) is 5.11 Å². The smallest absolute Gasteiger partial charge is 0.188 e. The van der Waals surface area contributed by atoms with Crippen LogP contribution in [-0.2, 0) is 11.3 Å². The van der Waals surface area contributed by atoms with Gasteiger partial charge in [0, 0.05) is 17.3 Å². The monoisotopic (exact) mass is 501 g/mol. The number of aliphatic hydroxyl groups excluding tert-OH is 1. The van der Waals surface area contributed by atoms with Crippen molar-refractivity contribution in [2.75, 3.05) is 30.5 Å². The van der Waals surface area contributed by atoms with E-state index in [1.807, 2.05) is 30.3 Å². The Bertz CT molecular complexity index is 1220. The molecule has 2 aromatic carbocycles. The molecular weight excluding hydrogens is 477 g/mol. The number of hydrogen-bond donors (Lipinski definition) is 2. The third-order valence-electron chi connectivity index (χ3n) is 6.29. The summed E-state index contributed by atoms with van der Waals surface area (Å²) in [6, 6.07) is 11.3. The Morgan fingerprint density at radius 1 is 1.18 bits per heavy atom. The first-order valence-corrected chi connectivity index (χ1v) is 11.2. The molecule has 2 unspecified atom stereocenters. The minimum absolute atomic E-state index is 0. The highest BCUT2D eigenvalue weighted by atomic mass is 35.5. The van der Waals surface area contributed by atoms with Gasteiger partial charge in [-0.1, -0.05) is 29.8 Å². The predicted molar refractivity (Wildman–Crippen MR) is 134 cm³/mol. The number of morpholine rings is 1. The molecule has 2 saturated heterocycles. The van der Waals surface area contributed by atoms with E-state index in [1.165, 1.54) is 0 Å². The summed E-state index contributed by atoms with van der Waals surface area (Å²) >= 11 is 6.26. The molecule has 2 N–H and O–H groups in total. The molecule has 2 aliphatic heterocycles. The van der Waals surface area contributed by atoms with Crippen LogP contribution in [0.2, 0.25) is 5.02 Å². The van der Waals surface area contributed by atoms with Crippen molar-refractivity contribution in [3.8, 4) is 5.75 Å². The fourth-order valence-electron chi connectivity index (χ4n) is 4.76. The Balaban J connectivity index is 0.00000274. The van der Waals surface area contributed by atoms with Gasteiger partial charge >= 0.3 is 0 Å². The number of piperidine rings is 1. The molecule has 2 bridgehead atoms. The van der Waals surface area contributed by atoms with Crippen LogP contribution in [0.1, 0.15) is 18.4 Å². The molecule has 178 valence electrons. The zero-order valence-corrected chi connectivity index (χ0v) is 20.1. The molecule has 5 rings (SSSR count). The number of anilines is 2. The van der Waals surface area contributed by atoms with Gasteiger partial charge in [0.1, 0.15) is 5.75 Å². The van der Waals surface area contributed by atoms with Gasteiger partial charge in [-0.15, -0.1) is 22.6 Å². The van der Waals surface area contributed by atoms with E-state index in [1.54, 1.807) is 13.2 Å². The summed E-state index contributed by atoms with van der Waals surface area (Å²) in [5.74, 6) is 1.99. The van der Waals surface area contributed by atoms with Gasteiger partial charge in [0.25, 0.3) is 0 Å². The van der Waals surface area contributed by atoms with Crippen LogP contribution >= 0.6 is 24.0 Å². The van der Waals surface area contributed by atoms with E-state index in [4.69, 9.17) is 27.6 Å². The third-order valence-corrected chi connectivity index (χ3v) is 6.58. The molecule has 0 amide bonds. The number of nitrogens with zero attached hydrogens (tertiary/aromatic N) is 4. The van der Waals surface area contributed by atoms with Crippen molar-refractivity contribution in [2.24, 2.45) is 0 Å². The zero-order valence-electron chi connectivity index (χ0n) is 18.6. The predicted octanol–water partition coefficient (Wildman–Crippen LogP) is 4.60. The largest absolute Gasteiger partial charge is 0.495 e. The van der Waals surface area contributed by atoms with Crippen molar-refractivity contribution in [3.05, 3.63) is 58.4 Å². The van der Waals surface area contributed by atoms with E-state index in [2.05, 4.69) is 25.3 Å². The normalized spacial score (nSPS) is 21.5. The van der Waals surface area contributed by atoms with Gasteiger partial charge in [0.2, 0.25) is 0 Å². The summed E-state index contributed by atoms with van der Waals surface area (Å²) in [4.78, 5) is 5.84. The molecule has 2 fully saturated rings. The highest BCUT2D eigenvalue weighted by molar-refractivity contribution is 6.32. The molecular formula is C24H25Cl2N5O3. The average molecular weight is 502 g/mol. The summed E-state index contributed by atoms with van der Waals surface area (Å²) in [5, 5.41) is 25.0. The van der Waals surface area contributed by atoms with E-state index >= 15 is 0 Å². The Labute approximate surface area is 209 Å². The van der Waals surface area contributed by atoms with E-state index in [-0.39, 0.29) is 30.6 Å². The quantitative estimate of drug-likeness (QED) is 0.494. The van der Waals surface area contributed by atoms with Crippen LogP contribution in [0.5, 0.6) is 5.75 Å². The topological polar surface area (TPSA) is 84.1 Å². The van der Waals surface area contributed by atoms with Crippen molar-refractivity contribution in [1.82, 2.24) is 10.2 Å². The average Bonchev–Trinajstić information content (AvgIpc) is 2.82. The molecule has 1 aromatic heterocycles. The lowest BCUT2D eigenvalue weighted by Gasteiger charge is -2.48. The van der Waals surface area contributed by atoms with Gasteiger partial charge in [-0.05, 0) is 36.6 Å². The lowest BCUT2D eigenvalue weighted by Crippen LogP contribution is -2.58. The number of fused-ring (bicyclic) bond motifs is 3. The number of halogens is 2. The van der Waals surface area contributed by atoms with Crippen molar-refractivity contribution in [1.29, 1.82) is 0 Å². The Morgan fingerprint density at radius 3 is 2.62 bits per heavy atom. The minimum atomic E-state index is -0.328. The number of aromatic nitrogens is 2. The van der Waals surface area contributed by atoms with Crippen LogP contribution < -0.4 is 15.0 Å². The standard InChI is InChI=1S/C24H24ClN5O3.ClH/c1-26-15-4-5-19-20(8-15)23(27-11-14-3-6-22(32-2)21(25)7-14)28-29-24(19)30-16-9-18(31)10-17(30)13-33-12-16;/h3-8,16-18,31H,9-13H2,2H3,(H,27,28);1H. The molecule has 0 saturated carbocycles. The van der Waals surface area contributed by atoms with Crippen LogP contribution in [0, 0.1) is 6.57 Å². The van der Waals surface area contributed by atoms with Gasteiger partial charge < -0.3 is 24.8 Å². The summed E-state index contributed by atoms with van der Waals surface area (Å²) in [5.41, 5.74) is 1.51. The van der Waals surface area contributed by atoms with Crippen LogP contribution in [-0.4, -0.2) is 53.8 Å². The van der Waals surface area contributed by atoms with Crippen molar-refractivity contribution < 1.29 is 14.6 Å². The number of nitrogens with one attached hydrogen (secondary N) is 1. The maximum Gasteiger partial charge on any atom is 0.188 e. The first kappa shape index (κ1) is 24.3. The molecule has 34 heavy (non-hydrogen) atoms. The van der Waals surface area contributed by atoms with Gasteiger partial charge in [0.05, 0.1) is 50.1 Å². The number of methoxy groups -OCH3 is 1. The maximum absolute atomic E-state index is 10.3. The summed E-state index contributed by atoms with van der Waals surface area (Å²) in [6.45, 7) is 9.04. The van der Waals surface area contributed by atoms with Gasteiger partial charge in [-0.3, -0.25) is 0 Å². The number of hydrogen-bond acceptors (Lipinski definition) is 7. The SMILES string of the molecule is Cl.[C-]#[N+]c1ccc2c(N3C4COCC3CC(O)C4)nnc(NCc3ccc(OC)c(Cl)c3)c2c1. The van der Waals surface area contributed by atoms with Gasteiger partial charge in [-0.2, -0.15) is 0 Å². The van der Waals surface area contributed by atoms with Crippen molar-refractivity contribution >= 4 is 52.1 Å². The van der Waals surface area contributed by atoms with Crippen molar-refractivity contribution in [2.45, 2.75) is 37.6 Å². The highest BCUT2D eigenvalue weighted by Crippen LogP contribution is 2.38. The molecule has 0 spiro atoms. The number of benzene rings is 2. The van der Waals surface area contributed by atoms with Crippen LogP contribution in [0.3, 0.4) is 0 Å². The molecule has 8 nitrogen and oxygen atoms in total. The molecule has 2 aliphatic rings. The number of aliphatic hydroxyl groups is 1. The Kier molecular flexibility index (Phi) is 7.29. The molecule has 10 heteroatoms. The first-order chi connectivity index (χ1) is 16.1. The van der Waals surface area contributed by atoms with Crippen LogP contribution in [0.15, 0.2) is 36.4 Å². The lowest BCUT2D eigenvalue weighted by atomic mass is 9.91. The minimum Gasteiger partial charge on any atom is -0.495 e. The molecule has 0 aliphatic carbocycles. The third kappa shape index (κ3) is 4.57. The fourth-order valence-corrected chi connectivity index (χ4v) is 5.04. The maximum atomic E-state index is 10.3. The van der Waals surface area contributed by atoms with E-state index < -0.39 is 0 Å². The van der Waals surface area contributed by atoms with E-state index in [0.29, 0.717) is 54.9 Å². The Morgan fingerprint density at radius 2 is 1.94 bits per heavy atom. The second-order valence-electron chi connectivity index (χ2n) is 8.41. The first-order valence-electron chi connectivity index (χ1n) is 10.9. The fraction of sp³-hybridized carbons (Fsp3) is 0.375. The Hall–Kier alpha value is -2.83. The molecule has 3 aromatic rings. The summed E-state index contributed by atoms with van der Waals surface area (Å²) in [7, 11) is 1.58. The van der Waals surface area contributed by atoms with Crippen molar-refractivity contribution in [3.63, 3.8) is 0 Å². The molecule has 3 heterocycles. The molecule has 2 atom stereocenters. The highest BCUT2D eigenvalue weighted by Gasteiger charge is 2.40. The van der Waals surface area contributed by atoms with Gasteiger partial charge in [0.15, 0.2) is 17.3 Å². The van der Waals surface area contributed by atoms with Gasteiger partial charge in [-0.25, -0.2) is 4.85 Å². The molecule has 0 radical (unpaired) electrons. The summed E-state index contributed by atoms with van der Waals surface area (Å²) < 4.78 is 11.0. The van der Waals surface area contributed by atoms with Crippen LogP contribution in [0.25, 0.3) is 15.6 Å². The number of rotatable bonds is 5. The second-order valence-corrected chi connectivity index (χ2v) is 8.82. The number of ether oxygens (including phenoxy) is 2. The van der Waals surface area contributed by atoms with E-state index in [0.717, 1.165) is 22.2 Å². The van der Waals surface area contributed by atoms with Crippen LogP contribution in [0.4, 0.5) is 17.3 Å². The second kappa shape index (κ2) is 10.2.